The first kappa shape index (κ1) is 19.3. The van der Waals surface area contributed by atoms with E-state index in [2.05, 4.69) is 9.97 Å². The molecule has 1 amide bonds. The smallest absolute Gasteiger partial charge is 0.261 e. The molecule has 0 N–H and O–H groups in total. The number of nitrogens with zero attached hydrogens (tertiary/aromatic N) is 3. The third-order valence-corrected chi connectivity index (χ3v) is 5.97. The Labute approximate surface area is 180 Å². The van der Waals surface area contributed by atoms with Gasteiger partial charge in [0.25, 0.3) is 5.91 Å². The maximum absolute atomic E-state index is 14.3. The average molecular weight is 431 g/mol. The van der Waals surface area contributed by atoms with Crippen molar-refractivity contribution in [1.29, 1.82) is 0 Å². The summed E-state index contributed by atoms with van der Waals surface area (Å²) in [4.78, 5) is 23.8. The normalized spacial score (nSPS) is 11.2. The Hall–Kier alpha value is -3.71. The molecule has 2 aromatic heterocycles. The number of benzene rings is 3. The van der Waals surface area contributed by atoms with E-state index in [-0.39, 0.29) is 23.1 Å². The van der Waals surface area contributed by atoms with Gasteiger partial charge in [-0.1, -0.05) is 53.8 Å². The summed E-state index contributed by atoms with van der Waals surface area (Å²) in [6.45, 7) is 0.146. The van der Waals surface area contributed by atoms with Crippen molar-refractivity contribution in [3.63, 3.8) is 0 Å². The van der Waals surface area contributed by atoms with E-state index in [1.807, 2.05) is 42.5 Å². The number of carbonyl (C=O) groups excluding carboxylic acids is 1. The summed E-state index contributed by atoms with van der Waals surface area (Å²) >= 11 is 1.07. The van der Waals surface area contributed by atoms with Crippen molar-refractivity contribution in [3.05, 3.63) is 102 Å². The number of halogens is 2. The van der Waals surface area contributed by atoms with Crippen LogP contribution in [0.3, 0.4) is 0 Å². The fraction of sp³-hybridized carbons (Fsp3) is 0.0417. The van der Waals surface area contributed by atoms with Crippen LogP contribution < -0.4 is 4.90 Å². The fourth-order valence-electron chi connectivity index (χ4n) is 3.50. The van der Waals surface area contributed by atoms with Crippen LogP contribution in [0.5, 0.6) is 0 Å². The highest BCUT2D eigenvalue weighted by atomic mass is 32.1. The summed E-state index contributed by atoms with van der Waals surface area (Å²) in [7, 11) is 0. The molecule has 3 aromatic carbocycles. The molecule has 0 radical (unpaired) electrons. The molecule has 0 fully saturated rings. The second-order valence-corrected chi connectivity index (χ2v) is 7.98. The summed E-state index contributed by atoms with van der Waals surface area (Å²) in [5, 5.41) is 2.02. The fourth-order valence-corrected chi connectivity index (χ4v) is 4.50. The van der Waals surface area contributed by atoms with Crippen LogP contribution in [0.1, 0.15) is 16.1 Å². The van der Waals surface area contributed by atoms with Gasteiger partial charge in [0.2, 0.25) is 0 Å². The van der Waals surface area contributed by atoms with Crippen molar-refractivity contribution >= 4 is 43.4 Å². The minimum atomic E-state index is -0.757. The van der Waals surface area contributed by atoms with Gasteiger partial charge >= 0.3 is 0 Å². The molecule has 0 aliphatic carbocycles. The highest BCUT2D eigenvalue weighted by Gasteiger charge is 2.24. The summed E-state index contributed by atoms with van der Waals surface area (Å²) in [5.41, 5.74) is 1.19. The second kappa shape index (κ2) is 7.85. The lowest BCUT2D eigenvalue weighted by Gasteiger charge is -2.20. The van der Waals surface area contributed by atoms with E-state index in [9.17, 15) is 13.6 Å². The number of pyridine rings is 1. The number of fused-ring (bicyclic) bond motifs is 2. The van der Waals surface area contributed by atoms with Gasteiger partial charge in [-0.3, -0.25) is 14.7 Å². The van der Waals surface area contributed by atoms with E-state index < -0.39 is 11.6 Å². The maximum atomic E-state index is 14.3. The Bertz CT molecular complexity index is 1410. The Morgan fingerprint density at radius 3 is 2.61 bits per heavy atom. The molecule has 0 unspecified atom stereocenters. The summed E-state index contributed by atoms with van der Waals surface area (Å²) in [5.74, 6) is -1.73. The van der Waals surface area contributed by atoms with Gasteiger partial charge in [0.15, 0.2) is 10.9 Å². The first-order valence-corrected chi connectivity index (χ1v) is 10.4. The zero-order chi connectivity index (χ0) is 21.4. The van der Waals surface area contributed by atoms with Crippen LogP contribution in [0.2, 0.25) is 0 Å². The molecule has 7 heteroatoms. The predicted molar refractivity (Wildman–Crippen MR) is 118 cm³/mol. The minimum absolute atomic E-state index is 0.0399. The molecule has 0 saturated carbocycles. The maximum Gasteiger partial charge on any atom is 0.261 e. The first-order chi connectivity index (χ1) is 15.1. The Morgan fingerprint density at radius 2 is 1.77 bits per heavy atom. The quantitative estimate of drug-likeness (QED) is 0.352. The molecule has 0 spiro atoms. The number of rotatable bonds is 4. The Kier molecular flexibility index (Phi) is 4.88. The number of aromatic nitrogens is 2. The van der Waals surface area contributed by atoms with E-state index in [0.29, 0.717) is 16.0 Å². The summed E-state index contributed by atoms with van der Waals surface area (Å²) in [6.07, 6.45) is 1.64. The van der Waals surface area contributed by atoms with Crippen molar-refractivity contribution in [2.45, 2.75) is 6.54 Å². The van der Waals surface area contributed by atoms with Gasteiger partial charge in [-0.2, -0.15) is 0 Å². The number of hydrogen-bond acceptors (Lipinski definition) is 4. The monoisotopic (exact) mass is 431 g/mol. The van der Waals surface area contributed by atoms with Crippen molar-refractivity contribution in [2.75, 3.05) is 4.90 Å². The number of thiazole rings is 1. The number of hydrogen-bond donors (Lipinski definition) is 0. The van der Waals surface area contributed by atoms with Gasteiger partial charge in [-0.25, -0.2) is 13.8 Å². The lowest BCUT2D eigenvalue weighted by Crippen LogP contribution is -2.30. The molecular formula is C24H15F2N3OS. The molecule has 0 aliphatic rings. The average Bonchev–Trinajstić information content (AvgIpc) is 3.21. The van der Waals surface area contributed by atoms with Gasteiger partial charge in [-0.15, -0.1) is 0 Å². The highest BCUT2D eigenvalue weighted by molar-refractivity contribution is 7.22. The molecule has 0 aliphatic heterocycles. The largest absolute Gasteiger partial charge is 0.278 e. The van der Waals surface area contributed by atoms with Crippen molar-refractivity contribution < 1.29 is 13.6 Å². The van der Waals surface area contributed by atoms with E-state index >= 15 is 0 Å². The van der Waals surface area contributed by atoms with Crippen LogP contribution in [0, 0.1) is 11.6 Å². The van der Waals surface area contributed by atoms with Crippen LogP contribution in [0.4, 0.5) is 13.9 Å². The lowest BCUT2D eigenvalue weighted by atomic mass is 10.0. The SMILES string of the molecule is O=C(c1cccc2ccccc12)N(Cc1ccccn1)c1nc2c(F)cc(F)cc2s1. The van der Waals surface area contributed by atoms with Crippen LogP contribution >= 0.6 is 11.3 Å². The van der Waals surface area contributed by atoms with Crippen LogP contribution in [0.25, 0.3) is 21.0 Å². The highest BCUT2D eigenvalue weighted by Crippen LogP contribution is 2.33. The van der Waals surface area contributed by atoms with Crippen molar-refractivity contribution in [2.24, 2.45) is 0 Å². The molecule has 2 heterocycles. The van der Waals surface area contributed by atoms with Gasteiger partial charge in [-0.05, 0) is 35.0 Å². The third-order valence-electron chi connectivity index (χ3n) is 4.94. The Morgan fingerprint density at radius 1 is 0.968 bits per heavy atom. The van der Waals surface area contributed by atoms with E-state index in [1.165, 1.54) is 11.0 Å². The van der Waals surface area contributed by atoms with Gasteiger partial charge in [0.05, 0.1) is 16.9 Å². The molecular weight excluding hydrogens is 416 g/mol. The lowest BCUT2D eigenvalue weighted by molar-refractivity contribution is 0.0986. The number of carbonyl (C=O) groups is 1. The first-order valence-electron chi connectivity index (χ1n) is 9.55. The minimum Gasteiger partial charge on any atom is -0.278 e. The predicted octanol–water partition coefficient (Wildman–Crippen LogP) is 5.97. The standard InChI is InChI=1S/C24H15F2N3OS/c25-16-12-20(26)22-21(13-16)31-24(28-22)29(14-17-8-3-4-11-27-17)23(30)19-10-5-7-15-6-1-2-9-18(15)19/h1-13H,14H2. The molecule has 0 bridgehead atoms. The van der Waals surface area contributed by atoms with Crippen LogP contribution in [-0.2, 0) is 6.54 Å². The van der Waals surface area contributed by atoms with Crippen molar-refractivity contribution in [3.8, 4) is 0 Å². The van der Waals surface area contributed by atoms with E-state index in [1.54, 1.807) is 24.4 Å². The molecule has 5 rings (SSSR count). The molecule has 31 heavy (non-hydrogen) atoms. The zero-order valence-electron chi connectivity index (χ0n) is 16.1. The third kappa shape index (κ3) is 3.64. The molecule has 4 nitrogen and oxygen atoms in total. The molecule has 152 valence electrons. The zero-order valence-corrected chi connectivity index (χ0v) is 16.9. The Balaban J connectivity index is 1.65. The molecule has 0 saturated heterocycles. The van der Waals surface area contributed by atoms with Crippen LogP contribution in [0.15, 0.2) is 79.0 Å². The van der Waals surface area contributed by atoms with Crippen LogP contribution in [-0.4, -0.2) is 15.9 Å². The number of anilines is 1. The molecule has 0 atom stereocenters. The number of amides is 1. The summed E-state index contributed by atoms with van der Waals surface area (Å²) < 4.78 is 28.3. The van der Waals surface area contributed by atoms with Gasteiger partial charge in [0.1, 0.15) is 11.3 Å². The van der Waals surface area contributed by atoms with E-state index in [0.717, 1.165) is 28.2 Å². The van der Waals surface area contributed by atoms with Crippen molar-refractivity contribution in [1.82, 2.24) is 9.97 Å². The van der Waals surface area contributed by atoms with Gasteiger partial charge < -0.3 is 0 Å². The summed E-state index contributed by atoms with van der Waals surface area (Å²) in [6, 6.07) is 20.5. The van der Waals surface area contributed by atoms with E-state index in [4.69, 9.17) is 0 Å². The topological polar surface area (TPSA) is 46.1 Å². The second-order valence-electron chi connectivity index (χ2n) is 6.97. The van der Waals surface area contributed by atoms with Gasteiger partial charge in [0, 0.05) is 17.8 Å². The molecule has 5 aromatic rings.